The van der Waals surface area contributed by atoms with Gasteiger partial charge in [-0.1, -0.05) is 128 Å². The fourth-order valence-electron chi connectivity index (χ4n) is 5.28. The molecule has 0 aromatic heterocycles. The molecule has 0 aliphatic carbocycles. The molecule has 0 saturated carbocycles. The maximum atomic E-state index is 11.9. The third-order valence-electron chi connectivity index (χ3n) is 8.77. The first kappa shape index (κ1) is 30.5. The SMILES string of the molecule is CCCCCCCCCC[C@@H](O[Si](C)(C)C(C)(C)C)[C@H]1O[C@H](C=O)C[C@@H]1[Si](C)(C)c1ccccc1. The van der Waals surface area contributed by atoms with E-state index in [9.17, 15) is 4.79 Å². The lowest BCUT2D eigenvalue weighted by Gasteiger charge is -2.43. The number of rotatable bonds is 15. The van der Waals surface area contributed by atoms with Crippen molar-refractivity contribution in [1.29, 1.82) is 0 Å². The first-order valence-electron chi connectivity index (χ1n) is 14.3. The van der Waals surface area contributed by atoms with E-state index in [2.05, 4.69) is 84.2 Å². The van der Waals surface area contributed by atoms with Gasteiger partial charge in [0, 0.05) is 0 Å². The van der Waals surface area contributed by atoms with Gasteiger partial charge in [0.2, 0.25) is 0 Å². The Bertz CT molecular complexity index is 742. The van der Waals surface area contributed by atoms with Gasteiger partial charge in [0.25, 0.3) is 0 Å². The third-order valence-corrected chi connectivity index (χ3v) is 17.5. The van der Waals surface area contributed by atoms with Crippen LogP contribution in [0.1, 0.15) is 91.9 Å². The summed E-state index contributed by atoms with van der Waals surface area (Å²) in [5, 5.41) is 1.60. The molecule has 0 amide bonds. The molecule has 0 bridgehead atoms. The molecule has 1 saturated heterocycles. The van der Waals surface area contributed by atoms with E-state index in [0.29, 0.717) is 5.54 Å². The number of hydrogen-bond acceptors (Lipinski definition) is 3. The summed E-state index contributed by atoms with van der Waals surface area (Å²) >= 11 is 0. The lowest BCUT2D eigenvalue weighted by atomic mass is 10.0. The molecule has 0 N–H and O–H groups in total. The smallest absolute Gasteiger partial charge is 0.192 e. The van der Waals surface area contributed by atoms with Crippen molar-refractivity contribution in [2.45, 2.75) is 147 Å². The van der Waals surface area contributed by atoms with Gasteiger partial charge in [0.05, 0.1) is 20.3 Å². The van der Waals surface area contributed by atoms with Crippen LogP contribution in [0.4, 0.5) is 0 Å². The molecule has 4 atom stereocenters. The van der Waals surface area contributed by atoms with Crippen LogP contribution in [-0.2, 0) is 14.0 Å². The highest BCUT2D eigenvalue weighted by molar-refractivity contribution is 6.91. The number of ether oxygens (including phenoxy) is 1. The van der Waals surface area contributed by atoms with Crippen LogP contribution < -0.4 is 5.19 Å². The molecule has 1 aliphatic rings. The van der Waals surface area contributed by atoms with Crippen molar-refractivity contribution >= 4 is 27.9 Å². The second-order valence-corrected chi connectivity index (χ2v) is 22.4. The fraction of sp³-hybridized carbons (Fsp3) is 0.767. The van der Waals surface area contributed by atoms with Crippen LogP contribution in [-0.4, -0.2) is 41.0 Å². The molecule has 1 aromatic carbocycles. The predicted octanol–water partition coefficient (Wildman–Crippen LogP) is 8.25. The Morgan fingerprint density at radius 2 is 1.54 bits per heavy atom. The van der Waals surface area contributed by atoms with E-state index in [1.54, 1.807) is 0 Å². The Morgan fingerprint density at radius 3 is 2.09 bits per heavy atom. The van der Waals surface area contributed by atoms with Gasteiger partial charge in [-0.25, -0.2) is 0 Å². The van der Waals surface area contributed by atoms with Gasteiger partial charge in [-0.05, 0) is 36.5 Å². The van der Waals surface area contributed by atoms with Gasteiger partial charge in [-0.3, -0.25) is 0 Å². The summed E-state index contributed by atoms with van der Waals surface area (Å²) in [6, 6.07) is 10.9. The van der Waals surface area contributed by atoms with Gasteiger partial charge in [0.15, 0.2) is 8.32 Å². The van der Waals surface area contributed by atoms with Crippen molar-refractivity contribution in [1.82, 2.24) is 0 Å². The molecule has 200 valence electrons. The highest BCUT2D eigenvalue weighted by Crippen LogP contribution is 2.45. The lowest BCUT2D eigenvalue weighted by molar-refractivity contribution is -0.119. The normalized spacial score (nSPS) is 22.3. The monoisotopic (exact) mass is 518 g/mol. The molecule has 1 aromatic rings. The summed E-state index contributed by atoms with van der Waals surface area (Å²) < 4.78 is 13.7. The van der Waals surface area contributed by atoms with Crippen molar-refractivity contribution in [2.75, 3.05) is 0 Å². The third kappa shape index (κ3) is 8.65. The largest absolute Gasteiger partial charge is 0.411 e. The maximum absolute atomic E-state index is 11.9. The zero-order chi connectivity index (χ0) is 26.1. The van der Waals surface area contributed by atoms with E-state index in [1.807, 2.05) is 0 Å². The van der Waals surface area contributed by atoms with E-state index < -0.39 is 16.4 Å². The molecule has 0 spiro atoms. The molecule has 0 unspecified atom stereocenters. The van der Waals surface area contributed by atoms with Crippen molar-refractivity contribution < 1.29 is 14.0 Å². The number of carbonyl (C=O) groups excluding carboxylic acids is 1. The van der Waals surface area contributed by atoms with Gasteiger partial charge in [0.1, 0.15) is 12.4 Å². The molecule has 2 rings (SSSR count). The molecular formula is C30H54O3Si2. The Balaban J connectivity index is 2.20. The first-order valence-corrected chi connectivity index (χ1v) is 20.3. The minimum Gasteiger partial charge on any atom is -0.411 e. The summed E-state index contributed by atoms with van der Waals surface area (Å²) in [5.41, 5.74) is 0.379. The second kappa shape index (κ2) is 13.7. The van der Waals surface area contributed by atoms with E-state index in [-0.39, 0.29) is 23.4 Å². The average Bonchev–Trinajstić information content (AvgIpc) is 3.25. The van der Waals surface area contributed by atoms with Crippen LogP contribution in [0.5, 0.6) is 0 Å². The molecular weight excluding hydrogens is 464 g/mol. The summed E-state index contributed by atoms with van der Waals surface area (Å²) in [4.78, 5) is 11.9. The maximum Gasteiger partial charge on any atom is 0.192 e. The zero-order valence-corrected chi connectivity index (χ0v) is 26.1. The Kier molecular flexibility index (Phi) is 11.9. The lowest BCUT2D eigenvalue weighted by Crippen LogP contribution is -2.53. The number of benzene rings is 1. The number of aldehydes is 1. The number of hydrogen-bond donors (Lipinski definition) is 0. The fourth-order valence-corrected chi connectivity index (χ4v) is 10.1. The van der Waals surface area contributed by atoms with Crippen LogP contribution >= 0.6 is 0 Å². The number of unbranched alkanes of at least 4 members (excludes halogenated alkanes) is 7. The van der Waals surface area contributed by atoms with E-state index in [0.717, 1.165) is 19.1 Å². The van der Waals surface area contributed by atoms with E-state index in [1.165, 1.54) is 56.6 Å². The molecule has 1 fully saturated rings. The predicted molar refractivity (Wildman–Crippen MR) is 156 cm³/mol. The summed E-state index contributed by atoms with van der Waals surface area (Å²) in [7, 11) is -3.85. The highest BCUT2D eigenvalue weighted by atomic mass is 28.4. The van der Waals surface area contributed by atoms with Crippen LogP contribution in [0.25, 0.3) is 0 Å². The van der Waals surface area contributed by atoms with E-state index >= 15 is 0 Å². The molecule has 0 radical (unpaired) electrons. The van der Waals surface area contributed by atoms with Crippen LogP contribution in [0.2, 0.25) is 36.8 Å². The molecule has 35 heavy (non-hydrogen) atoms. The summed E-state index contributed by atoms with van der Waals surface area (Å²) in [5.74, 6) is 0. The molecule has 1 aliphatic heterocycles. The van der Waals surface area contributed by atoms with Crippen LogP contribution in [0.3, 0.4) is 0 Å². The molecule has 1 heterocycles. The number of carbonyl (C=O) groups is 1. The molecule has 5 heteroatoms. The minimum absolute atomic E-state index is 0.00533. The zero-order valence-electron chi connectivity index (χ0n) is 24.1. The molecule has 3 nitrogen and oxygen atoms in total. The minimum atomic E-state index is -1.98. The first-order chi connectivity index (χ1) is 16.4. The van der Waals surface area contributed by atoms with Crippen molar-refractivity contribution in [3.05, 3.63) is 30.3 Å². The Morgan fingerprint density at radius 1 is 0.971 bits per heavy atom. The topological polar surface area (TPSA) is 35.5 Å². The second-order valence-electron chi connectivity index (χ2n) is 12.9. The van der Waals surface area contributed by atoms with Gasteiger partial charge in [-0.2, -0.15) is 0 Å². The summed E-state index contributed by atoms with van der Waals surface area (Å²) in [6.45, 7) is 18.8. The van der Waals surface area contributed by atoms with Crippen LogP contribution in [0.15, 0.2) is 30.3 Å². The van der Waals surface area contributed by atoms with Gasteiger partial charge >= 0.3 is 0 Å². The average molecular weight is 519 g/mol. The Labute approximate surface area is 218 Å². The van der Waals surface area contributed by atoms with Gasteiger partial charge < -0.3 is 14.0 Å². The quantitative estimate of drug-likeness (QED) is 0.133. The van der Waals surface area contributed by atoms with Gasteiger partial charge in [-0.15, -0.1) is 0 Å². The summed E-state index contributed by atoms with van der Waals surface area (Å²) in [6.07, 6.45) is 13.2. The van der Waals surface area contributed by atoms with Crippen molar-refractivity contribution in [3.8, 4) is 0 Å². The standard InChI is InChI=1S/C30H54O3Si2/c1-9-10-11-12-13-14-15-19-22-27(33-35(7,8)30(2,3)4)29-28(23-25(24-31)32-29)34(5,6)26-20-17-16-18-21-26/h16-18,20-21,24-25,27-29H,9-15,19,22-23H2,1-8H3/t25-,27+,28-,29+/m0/s1. The van der Waals surface area contributed by atoms with Crippen molar-refractivity contribution in [2.24, 2.45) is 0 Å². The van der Waals surface area contributed by atoms with Crippen molar-refractivity contribution in [3.63, 3.8) is 0 Å². The Hall–Kier alpha value is -0.756. The van der Waals surface area contributed by atoms with Crippen LogP contribution in [0, 0.1) is 0 Å². The van der Waals surface area contributed by atoms with E-state index in [4.69, 9.17) is 9.16 Å². The highest BCUT2D eigenvalue weighted by Gasteiger charge is 2.51.